The molecule has 34 heavy (non-hydrogen) atoms. The largest absolute Gasteiger partial charge is 0.490 e. The fraction of sp³-hybridized carbons (Fsp3) is 0.250. The molecule has 0 saturated heterocycles. The van der Waals surface area contributed by atoms with Gasteiger partial charge in [0.2, 0.25) is 5.76 Å². The third-order valence-electron chi connectivity index (χ3n) is 5.15. The molecule has 0 fully saturated rings. The number of hydrogen-bond acceptors (Lipinski definition) is 9. The van der Waals surface area contributed by atoms with Crippen molar-refractivity contribution in [1.29, 1.82) is 0 Å². The highest BCUT2D eigenvalue weighted by Crippen LogP contribution is 2.35. The summed E-state index contributed by atoms with van der Waals surface area (Å²) in [5.74, 6) is -1.87. The molecular formula is C24H20O10. The zero-order valence-corrected chi connectivity index (χ0v) is 18.0. The van der Waals surface area contributed by atoms with Gasteiger partial charge in [0.05, 0.1) is 6.42 Å². The van der Waals surface area contributed by atoms with Crippen molar-refractivity contribution in [3.63, 3.8) is 0 Å². The van der Waals surface area contributed by atoms with E-state index in [1.807, 2.05) is 0 Å². The Kier molecular flexibility index (Phi) is 6.33. The molecule has 0 spiro atoms. The Morgan fingerprint density at radius 2 is 1.76 bits per heavy atom. The third kappa shape index (κ3) is 4.62. The first-order chi connectivity index (χ1) is 16.2. The van der Waals surface area contributed by atoms with Gasteiger partial charge in [-0.2, -0.15) is 0 Å². The van der Waals surface area contributed by atoms with E-state index in [0.717, 1.165) is 6.07 Å². The molecule has 2 unspecified atom stereocenters. The number of carboxylic acid groups (broad SMARTS) is 1. The second-order valence-corrected chi connectivity index (χ2v) is 7.66. The number of benzene rings is 2. The normalized spacial score (nSPS) is 15.8. The molecule has 1 aliphatic rings. The molecule has 0 aliphatic carbocycles. The summed E-state index contributed by atoms with van der Waals surface area (Å²) in [4.78, 5) is 47.6. The minimum absolute atomic E-state index is 0.0337. The van der Waals surface area contributed by atoms with E-state index < -0.39 is 29.4 Å². The summed E-state index contributed by atoms with van der Waals surface area (Å²) in [6.45, 7) is 0.859. The van der Waals surface area contributed by atoms with Crippen molar-refractivity contribution in [2.24, 2.45) is 0 Å². The quantitative estimate of drug-likeness (QED) is 0.504. The number of hydrogen-bond donors (Lipinski definition) is 2. The number of aliphatic hydroxyl groups excluding tert-OH is 1. The first-order valence-electron chi connectivity index (χ1n) is 10.3. The lowest BCUT2D eigenvalue weighted by molar-refractivity contribution is -0.123. The van der Waals surface area contributed by atoms with Gasteiger partial charge >= 0.3 is 5.97 Å². The van der Waals surface area contributed by atoms with Crippen LogP contribution in [0.25, 0.3) is 11.0 Å². The summed E-state index contributed by atoms with van der Waals surface area (Å²) in [5.41, 5.74) is -0.362. The topological polar surface area (TPSA) is 150 Å². The first kappa shape index (κ1) is 23.0. The molecule has 0 bridgehead atoms. The lowest BCUT2D eigenvalue weighted by Crippen LogP contribution is -2.33. The van der Waals surface area contributed by atoms with E-state index in [-0.39, 0.29) is 65.0 Å². The van der Waals surface area contributed by atoms with Crippen LogP contribution in [0, 0.1) is 0 Å². The van der Waals surface area contributed by atoms with Crippen LogP contribution in [-0.4, -0.2) is 53.2 Å². The molecule has 1 aromatic heterocycles. The van der Waals surface area contributed by atoms with Crippen molar-refractivity contribution < 1.29 is 43.2 Å². The molecule has 10 nitrogen and oxygen atoms in total. The average molecular weight is 468 g/mol. The summed E-state index contributed by atoms with van der Waals surface area (Å²) in [5, 5.41) is 19.4. The highest BCUT2D eigenvalue weighted by atomic mass is 16.5. The van der Waals surface area contributed by atoms with E-state index in [1.165, 1.54) is 25.1 Å². The summed E-state index contributed by atoms with van der Waals surface area (Å²) < 4.78 is 22.0. The molecule has 2 aromatic carbocycles. The summed E-state index contributed by atoms with van der Waals surface area (Å²) in [6.07, 6.45) is -2.07. The van der Waals surface area contributed by atoms with E-state index in [9.17, 15) is 24.3 Å². The summed E-state index contributed by atoms with van der Waals surface area (Å²) >= 11 is 0. The Bertz CT molecular complexity index is 1340. The van der Waals surface area contributed by atoms with Crippen LogP contribution in [-0.2, 0) is 4.79 Å². The number of ketones is 2. The van der Waals surface area contributed by atoms with Crippen LogP contribution in [0.3, 0.4) is 0 Å². The van der Waals surface area contributed by atoms with Crippen LogP contribution in [0.5, 0.6) is 17.2 Å². The van der Waals surface area contributed by atoms with Crippen molar-refractivity contribution >= 4 is 28.5 Å². The number of carboxylic acids is 1. The third-order valence-corrected chi connectivity index (χ3v) is 5.15. The number of ether oxygens (including phenoxy) is 3. The van der Waals surface area contributed by atoms with Crippen LogP contribution in [0.15, 0.2) is 51.7 Å². The number of fused-ring (bicyclic) bond motifs is 2. The predicted molar refractivity (Wildman–Crippen MR) is 117 cm³/mol. The molecule has 2 N–H and O–H groups in total. The predicted octanol–water partition coefficient (Wildman–Crippen LogP) is 2.23. The number of Topliss-reactive ketones (excluding diaryl/α,β-unsaturated/α-hetero) is 2. The number of aromatic carboxylic acids is 1. The van der Waals surface area contributed by atoms with Crippen LogP contribution < -0.4 is 19.6 Å². The van der Waals surface area contributed by atoms with Gasteiger partial charge in [-0.3, -0.25) is 14.4 Å². The Hall–Kier alpha value is -4.18. The van der Waals surface area contributed by atoms with Gasteiger partial charge in [-0.25, -0.2) is 4.79 Å². The zero-order chi connectivity index (χ0) is 24.4. The first-order valence-corrected chi connectivity index (χ1v) is 10.3. The van der Waals surface area contributed by atoms with E-state index in [2.05, 4.69) is 0 Å². The van der Waals surface area contributed by atoms with Gasteiger partial charge < -0.3 is 28.8 Å². The SMILES string of the molecule is CC(=O)C1CC(=O)c2c(OCC(O)COc3cccc4oc(C(=O)O)cc(=O)c34)cccc2O1. The molecule has 1 aliphatic heterocycles. The Labute approximate surface area is 192 Å². The number of carbonyl (C=O) groups excluding carboxylic acids is 2. The maximum atomic E-state index is 12.5. The molecule has 176 valence electrons. The standard InChI is InChI=1S/C24H20O10/c1-12(25)20-8-14(27)22-16(4-2-6-18(22)33-20)31-10-13(26)11-32-17-5-3-7-19-23(17)15(28)9-21(34-19)24(29)30/h2-7,9,13,20,26H,8,10-11H2,1H3,(H,29,30). The molecule has 2 heterocycles. The second kappa shape index (κ2) is 9.36. The maximum absolute atomic E-state index is 12.5. The molecule has 10 heteroatoms. The van der Waals surface area contributed by atoms with Crippen LogP contribution in [0.2, 0.25) is 0 Å². The fourth-order valence-electron chi connectivity index (χ4n) is 3.52. The van der Waals surface area contributed by atoms with Crippen molar-refractivity contribution in [3.8, 4) is 17.2 Å². The van der Waals surface area contributed by atoms with Crippen LogP contribution in [0.1, 0.15) is 34.3 Å². The van der Waals surface area contributed by atoms with Crippen molar-refractivity contribution in [3.05, 3.63) is 64.0 Å². The minimum Gasteiger partial charge on any atom is -0.490 e. The van der Waals surface area contributed by atoms with Gasteiger partial charge in [-0.05, 0) is 31.2 Å². The lowest BCUT2D eigenvalue weighted by atomic mass is 9.98. The van der Waals surface area contributed by atoms with Crippen molar-refractivity contribution in [2.45, 2.75) is 25.6 Å². The van der Waals surface area contributed by atoms with Gasteiger partial charge in [-0.15, -0.1) is 0 Å². The van der Waals surface area contributed by atoms with E-state index in [1.54, 1.807) is 18.2 Å². The molecule has 0 saturated carbocycles. The van der Waals surface area contributed by atoms with Gasteiger partial charge in [0.25, 0.3) is 0 Å². The number of aliphatic hydroxyl groups is 1. The van der Waals surface area contributed by atoms with Gasteiger partial charge in [0.15, 0.2) is 23.1 Å². The number of carbonyl (C=O) groups is 3. The second-order valence-electron chi connectivity index (χ2n) is 7.66. The number of rotatable bonds is 8. The zero-order valence-electron chi connectivity index (χ0n) is 18.0. The highest BCUT2D eigenvalue weighted by Gasteiger charge is 2.32. The van der Waals surface area contributed by atoms with Crippen LogP contribution in [0.4, 0.5) is 0 Å². The smallest absolute Gasteiger partial charge is 0.371 e. The lowest BCUT2D eigenvalue weighted by Gasteiger charge is -2.25. The van der Waals surface area contributed by atoms with E-state index >= 15 is 0 Å². The van der Waals surface area contributed by atoms with Gasteiger partial charge in [-0.1, -0.05) is 12.1 Å². The Balaban J connectivity index is 1.44. The highest BCUT2D eigenvalue weighted by molar-refractivity contribution is 6.05. The van der Waals surface area contributed by atoms with E-state index in [0.29, 0.717) is 0 Å². The fourth-order valence-corrected chi connectivity index (χ4v) is 3.52. The average Bonchev–Trinajstić information content (AvgIpc) is 2.80. The molecule has 4 rings (SSSR count). The molecule has 3 aromatic rings. The van der Waals surface area contributed by atoms with Crippen molar-refractivity contribution in [1.82, 2.24) is 0 Å². The molecule has 0 amide bonds. The minimum atomic E-state index is -1.37. The van der Waals surface area contributed by atoms with Gasteiger partial charge in [0, 0.05) is 6.07 Å². The maximum Gasteiger partial charge on any atom is 0.371 e. The molecule has 2 atom stereocenters. The summed E-state index contributed by atoms with van der Waals surface area (Å²) in [6, 6.07) is 10.0. The van der Waals surface area contributed by atoms with Gasteiger partial charge in [0.1, 0.15) is 53.1 Å². The monoisotopic (exact) mass is 468 g/mol. The van der Waals surface area contributed by atoms with E-state index in [4.69, 9.17) is 23.7 Å². The molecular weight excluding hydrogens is 448 g/mol. The van der Waals surface area contributed by atoms with Crippen LogP contribution >= 0.6 is 0 Å². The molecule has 0 radical (unpaired) electrons. The Morgan fingerprint density at radius 3 is 2.47 bits per heavy atom. The Morgan fingerprint density at radius 1 is 1.09 bits per heavy atom. The summed E-state index contributed by atoms with van der Waals surface area (Å²) in [7, 11) is 0. The van der Waals surface area contributed by atoms with Crippen molar-refractivity contribution in [2.75, 3.05) is 13.2 Å².